The summed E-state index contributed by atoms with van der Waals surface area (Å²) >= 11 is 0. The second-order valence-electron chi connectivity index (χ2n) is 2.64. The predicted octanol–water partition coefficient (Wildman–Crippen LogP) is -2.42. The van der Waals surface area contributed by atoms with E-state index in [0.29, 0.717) is 0 Å². The Morgan fingerprint density at radius 2 is 1.27 bits per heavy atom. The first kappa shape index (κ1) is 15.8. The van der Waals surface area contributed by atoms with Crippen molar-refractivity contribution in [3.8, 4) is 0 Å². The Bertz CT molecular complexity index is 209. The summed E-state index contributed by atoms with van der Waals surface area (Å²) in [6.07, 6.45) is -3.78. The summed E-state index contributed by atoms with van der Waals surface area (Å²) in [6, 6.07) is 0. The van der Waals surface area contributed by atoms with Gasteiger partial charge in [0.25, 0.3) is 0 Å². The van der Waals surface area contributed by atoms with Gasteiger partial charge in [-0.2, -0.15) is 0 Å². The van der Waals surface area contributed by atoms with Crippen LogP contribution in [0, 0.1) is 0 Å². The first-order valence-corrected chi connectivity index (χ1v) is 3.67. The van der Waals surface area contributed by atoms with Gasteiger partial charge in [0.15, 0.2) is 12.2 Å². The lowest BCUT2D eigenvalue weighted by Gasteiger charge is -2.07. The molecule has 88 valence electrons. The molecule has 15 heavy (non-hydrogen) atoms. The maximum atomic E-state index is 9.77. The number of carbonyl (C=O) groups excluding carboxylic acids is 1. The van der Waals surface area contributed by atoms with E-state index in [0.717, 1.165) is 6.41 Å². The molecule has 0 rings (SSSR count). The minimum atomic E-state index is -2.27. The maximum Gasteiger partial charge on any atom is 0.335 e. The molecule has 0 aromatic rings. The Morgan fingerprint density at radius 1 is 1.07 bits per heavy atom. The van der Waals surface area contributed by atoms with Crippen LogP contribution in [0.5, 0.6) is 0 Å². The van der Waals surface area contributed by atoms with Crippen LogP contribution in [0.1, 0.15) is 0 Å². The van der Waals surface area contributed by atoms with Gasteiger partial charge in [0.2, 0.25) is 6.41 Å². The Hall–Kier alpha value is -1.67. The van der Waals surface area contributed by atoms with E-state index in [1.807, 2.05) is 0 Å². The fourth-order valence-electron chi connectivity index (χ4n) is 0.270. The highest BCUT2D eigenvalue weighted by atomic mass is 16.4. The van der Waals surface area contributed by atoms with E-state index in [1.54, 1.807) is 14.1 Å². The number of aliphatic carboxylic acids is 2. The predicted molar refractivity (Wildman–Crippen MR) is 47.0 cm³/mol. The molecule has 0 aliphatic carbocycles. The van der Waals surface area contributed by atoms with Crippen LogP contribution >= 0.6 is 0 Å². The van der Waals surface area contributed by atoms with E-state index in [4.69, 9.17) is 20.4 Å². The number of aliphatic hydroxyl groups is 2. The number of hydrogen-bond donors (Lipinski definition) is 4. The van der Waals surface area contributed by atoms with Crippen LogP contribution in [-0.2, 0) is 14.4 Å². The number of carboxylic acid groups (broad SMARTS) is 2. The third-order valence-corrected chi connectivity index (χ3v) is 1.02. The summed E-state index contributed by atoms with van der Waals surface area (Å²) in [6.45, 7) is 0. The summed E-state index contributed by atoms with van der Waals surface area (Å²) in [7, 11) is 3.38. The SMILES string of the molecule is CN(C)C=O.O=C(O)C(O)C(O)C(=O)O. The van der Waals surface area contributed by atoms with Crippen LogP contribution in [0.3, 0.4) is 0 Å². The van der Waals surface area contributed by atoms with Crippen LogP contribution in [0.4, 0.5) is 0 Å². The van der Waals surface area contributed by atoms with Gasteiger partial charge in [-0.3, -0.25) is 4.79 Å². The van der Waals surface area contributed by atoms with Crippen LogP contribution in [0.2, 0.25) is 0 Å². The van der Waals surface area contributed by atoms with Crippen LogP contribution in [0.25, 0.3) is 0 Å². The molecule has 0 fully saturated rings. The van der Waals surface area contributed by atoms with Gasteiger partial charge in [-0.05, 0) is 0 Å². The normalized spacial score (nSPS) is 12.8. The minimum absolute atomic E-state index is 0.750. The summed E-state index contributed by atoms with van der Waals surface area (Å²) < 4.78 is 0. The van der Waals surface area contributed by atoms with Gasteiger partial charge >= 0.3 is 11.9 Å². The molecule has 8 heteroatoms. The van der Waals surface area contributed by atoms with Crippen molar-refractivity contribution >= 4 is 18.3 Å². The van der Waals surface area contributed by atoms with E-state index in [2.05, 4.69) is 0 Å². The van der Waals surface area contributed by atoms with Crippen molar-refractivity contribution in [2.75, 3.05) is 14.1 Å². The second kappa shape index (κ2) is 7.71. The zero-order valence-corrected chi connectivity index (χ0v) is 8.19. The second-order valence-corrected chi connectivity index (χ2v) is 2.64. The molecule has 0 heterocycles. The number of carbonyl (C=O) groups is 3. The first-order chi connectivity index (χ1) is 6.73. The van der Waals surface area contributed by atoms with E-state index >= 15 is 0 Å². The van der Waals surface area contributed by atoms with E-state index in [1.165, 1.54) is 4.90 Å². The molecule has 0 aliphatic heterocycles. The Morgan fingerprint density at radius 3 is 1.33 bits per heavy atom. The molecule has 4 N–H and O–H groups in total. The largest absolute Gasteiger partial charge is 0.479 e. The molecule has 1 amide bonds. The maximum absolute atomic E-state index is 9.77. The molecule has 2 atom stereocenters. The molecular formula is C7H13NO7. The van der Waals surface area contributed by atoms with Gasteiger partial charge in [0.05, 0.1) is 0 Å². The van der Waals surface area contributed by atoms with Crippen LogP contribution in [-0.4, -0.2) is 70.0 Å². The Kier molecular flexibility index (Phi) is 8.11. The molecular weight excluding hydrogens is 210 g/mol. The first-order valence-electron chi connectivity index (χ1n) is 3.67. The van der Waals surface area contributed by atoms with Crippen molar-refractivity contribution in [1.82, 2.24) is 4.90 Å². The summed E-state index contributed by atoms with van der Waals surface area (Å²) in [5.74, 6) is -3.54. The summed E-state index contributed by atoms with van der Waals surface area (Å²) in [5.41, 5.74) is 0. The quantitative estimate of drug-likeness (QED) is 0.389. The van der Waals surface area contributed by atoms with Crippen molar-refractivity contribution in [3.05, 3.63) is 0 Å². The number of rotatable bonds is 4. The van der Waals surface area contributed by atoms with Crippen LogP contribution in [0.15, 0.2) is 0 Å². The van der Waals surface area contributed by atoms with Crippen molar-refractivity contribution < 1.29 is 34.8 Å². The van der Waals surface area contributed by atoms with E-state index in [-0.39, 0.29) is 0 Å². The minimum Gasteiger partial charge on any atom is -0.479 e. The standard InChI is InChI=1S/C4H6O6.C3H7NO/c5-1(3(7)8)2(6)4(9)10;1-4(2)3-5/h1-2,5-6H,(H,7,8)(H,9,10);3H,1-2H3. The highest BCUT2D eigenvalue weighted by molar-refractivity contribution is 5.83. The van der Waals surface area contributed by atoms with Crippen molar-refractivity contribution in [2.24, 2.45) is 0 Å². The lowest BCUT2D eigenvalue weighted by molar-refractivity contribution is -0.165. The molecule has 0 saturated heterocycles. The number of hydrogen-bond acceptors (Lipinski definition) is 5. The van der Waals surface area contributed by atoms with Gasteiger partial charge in [-0.1, -0.05) is 0 Å². The molecule has 8 nitrogen and oxygen atoms in total. The molecule has 0 aromatic heterocycles. The average molecular weight is 223 g/mol. The molecule has 0 aromatic carbocycles. The zero-order chi connectivity index (χ0) is 12.6. The number of nitrogens with zero attached hydrogens (tertiary/aromatic N) is 1. The lowest BCUT2D eigenvalue weighted by Crippen LogP contribution is -2.39. The van der Waals surface area contributed by atoms with Gasteiger partial charge in [-0.25, -0.2) is 9.59 Å². The summed E-state index contributed by atoms with van der Waals surface area (Å²) in [4.78, 5) is 30.4. The fraction of sp³-hybridized carbons (Fsp3) is 0.571. The highest BCUT2D eigenvalue weighted by Crippen LogP contribution is 1.92. The average Bonchev–Trinajstić information content (AvgIpc) is 2.16. The smallest absolute Gasteiger partial charge is 0.335 e. The molecule has 0 aliphatic rings. The number of aliphatic hydroxyl groups excluding tert-OH is 2. The number of carboxylic acids is 2. The molecule has 0 bridgehead atoms. The fourth-order valence-corrected chi connectivity index (χ4v) is 0.270. The van der Waals surface area contributed by atoms with E-state index < -0.39 is 24.1 Å². The Labute approximate surface area is 85.4 Å². The van der Waals surface area contributed by atoms with Crippen molar-refractivity contribution in [2.45, 2.75) is 12.2 Å². The molecule has 2 unspecified atom stereocenters. The number of amides is 1. The third kappa shape index (κ3) is 8.65. The molecule has 0 spiro atoms. The van der Waals surface area contributed by atoms with Gasteiger partial charge < -0.3 is 25.3 Å². The Balaban J connectivity index is 0. The van der Waals surface area contributed by atoms with E-state index in [9.17, 15) is 14.4 Å². The zero-order valence-electron chi connectivity index (χ0n) is 8.19. The topological polar surface area (TPSA) is 135 Å². The third-order valence-electron chi connectivity index (χ3n) is 1.02. The lowest BCUT2D eigenvalue weighted by atomic mass is 10.2. The van der Waals surface area contributed by atoms with Crippen molar-refractivity contribution in [3.63, 3.8) is 0 Å². The van der Waals surface area contributed by atoms with Gasteiger partial charge in [0, 0.05) is 14.1 Å². The molecule has 0 saturated carbocycles. The van der Waals surface area contributed by atoms with Gasteiger partial charge in [-0.15, -0.1) is 0 Å². The molecule has 0 radical (unpaired) electrons. The van der Waals surface area contributed by atoms with Gasteiger partial charge in [0.1, 0.15) is 0 Å². The summed E-state index contributed by atoms with van der Waals surface area (Å²) in [5, 5.41) is 32.5. The van der Waals surface area contributed by atoms with Crippen molar-refractivity contribution in [1.29, 1.82) is 0 Å². The van der Waals surface area contributed by atoms with Crippen LogP contribution < -0.4 is 0 Å². The monoisotopic (exact) mass is 223 g/mol. The highest BCUT2D eigenvalue weighted by Gasteiger charge is 2.29.